The Balaban J connectivity index is 1.22. The van der Waals surface area contributed by atoms with E-state index in [2.05, 4.69) is 6.92 Å². The van der Waals surface area contributed by atoms with Crippen molar-refractivity contribution < 1.29 is 52.6 Å². The van der Waals surface area contributed by atoms with Gasteiger partial charge in [-0.3, -0.25) is 4.90 Å². The highest BCUT2D eigenvalue weighted by Crippen LogP contribution is 2.42. The topological polar surface area (TPSA) is 131 Å². The van der Waals surface area contributed by atoms with Crippen molar-refractivity contribution in [1.29, 1.82) is 0 Å². The number of rotatable bonds is 32. The van der Waals surface area contributed by atoms with Gasteiger partial charge in [-0.2, -0.15) is 0 Å². The molecule has 0 saturated carbocycles. The second kappa shape index (κ2) is 31.2. The van der Waals surface area contributed by atoms with E-state index in [0.29, 0.717) is 5.56 Å². The molecule has 8 atom stereocenters. The predicted octanol–water partition coefficient (Wildman–Crippen LogP) is 13.7. The number of aliphatic hydroxyl groups is 1. The summed E-state index contributed by atoms with van der Waals surface area (Å²) in [6.07, 6.45) is 9.82. The number of unbranched alkanes of at least 4 members (excludes halogenated alkanes) is 11. The third-order valence-corrected chi connectivity index (χ3v) is 14.9. The lowest BCUT2D eigenvalue weighted by Gasteiger charge is -2.51. The summed E-state index contributed by atoms with van der Waals surface area (Å²) in [6.45, 7) is 6.35. The van der Waals surface area contributed by atoms with Crippen LogP contribution in [0.3, 0.4) is 0 Å². The molecule has 2 aliphatic heterocycles. The summed E-state index contributed by atoms with van der Waals surface area (Å²) in [5, 5.41) is 12.4. The van der Waals surface area contributed by atoms with Gasteiger partial charge in [0.25, 0.3) is 0 Å². The van der Waals surface area contributed by atoms with Crippen molar-refractivity contribution in [1.82, 2.24) is 4.90 Å². The Morgan fingerprint density at radius 1 is 0.584 bits per heavy atom. The molecule has 2 heterocycles. The molecular weight excluding hydrogens is 971 g/mol. The zero-order valence-electron chi connectivity index (χ0n) is 46.1. The Morgan fingerprint density at radius 2 is 1.08 bits per heavy atom. The Morgan fingerprint density at radius 3 is 1.62 bits per heavy atom. The van der Waals surface area contributed by atoms with Crippen molar-refractivity contribution in [2.75, 3.05) is 13.7 Å². The van der Waals surface area contributed by atoms with E-state index < -0.39 is 60.2 Å². The molecule has 2 fully saturated rings. The minimum absolute atomic E-state index is 0.0652. The number of methoxy groups -OCH3 is 1. The number of hydrogen-bond donors (Lipinski definition) is 1. The average molecular weight is 1060 g/mol. The van der Waals surface area contributed by atoms with Crippen LogP contribution in [0.25, 0.3) is 0 Å². The summed E-state index contributed by atoms with van der Waals surface area (Å²) in [5.41, 5.74) is 3.89. The number of esters is 1. The van der Waals surface area contributed by atoms with E-state index in [1.54, 1.807) is 36.3 Å². The summed E-state index contributed by atoms with van der Waals surface area (Å²) in [6, 6.07) is 47.0. The zero-order chi connectivity index (χ0) is 54.1. The molecule has 5 aromatic carbocycles. The molecule has 12 nitrogen and oxygen atoms in total. The highest BCUT2D eigenvalue weighted by atomic mass is 16.8. The van der Waals surface area contributed by atoms with Crippen LogP contribution >= 0.6 is 0 Å². The first kappa shape index (κ1) is 59.2. The minimum atomic E-state index is -1.65. The average Bonchev–Trinajstić information content (AvgIpc) is 3.77. The molecule has 0 bridgehead atoms. The summed E-state index contributed by atoms with van der Waals surface area (Å²) in [4.78, 5) is 30.3. The number of nitrogens with zero attached hydrogens (tertiary/aromatic N) is 1. The molecule has 1 N–H and O–H groups in total. The van der Waals surface area contributed by atoms with Gasteiger partial charge in [-0.15, -0.1) is 0 Å². The molecule has 0 aromatic heterocycles. The highest BCUT2D eigenvalue weighted by Gasteiger charge is 2.58. The number of amides is 1. The van der Waals surface area contributed by atoms with Crippen LogP contribution in [0, 0.1) is 0 Å². The maximum Gasteiger partial charge on any atom is 0.410 e. The fourth-order valence-electron chi connectivity index (χ4n) is 10.7. The Kier molecular flexibility index (Phi) is 24.0. The summed E-state index contributed by atoms with van der Waals surface area (Å²) < 4.78 is 53.3. The molecule has 1 amide bonds. The van der Waals surface area contributed by atoms with E-state index in [1.807, 2.05) is 141 Å². The number of benzene rings is 5. The van der Waals surface area contributed by atoms with Crippen LogP contribution < -0.4 is 0 Å². The molecule has 2 saturated heterocycles. The van der Waals surface area contributed by atoms with Crippen LogP contribution in [-0.2, 0) is 64.3 Å². The number of carbonyl (C=O) groups excluding carboxylic acids is 2. The van der Waals surface area contributed by atoms with E-state index in [0.717, 1.165) is 47.9 Å². The Labute approximate surface area is 458 Å². The van der Waals surface area contributed by atoms with Crippen LogP contribution in [0.5, 0.6) is 0 Å². The molecule has 0 aliphatic carbocycles. The number of aliphatic hydroxyl groups excluding tert-OH is 1. The van der Waals surface area contributed by atoms with Crippen molar-refractivity contribution in [2.24, 2.45) is 0 Å². The Bertz CT molecular complexity index is 2410. The lowest BCUT2D eigenvalue weighted by atomic mass is 9.86. The molecule has 7 rings (SSSR count). The standard InChI is InChI=1S/C65H85NO11/c1-5-6-7-8-9-10-11-12-13-14-15-31-42-56-59(77-64(2,3)75-56)55(66(45-50-32-21-16-22-33-50)63(69)74-48-53-38-27-19-28-39-53)43-44-65(70-4)61(72-47-52-36-25-18-26-37-52)60(71-46-51-34-23-17-24-35-51)58(67)57(76-65)49-73-62(68)54-40-29-20-30-41-54/h16-30,32-41,55-61,67H,5-15,31,42-49H2,1-4H3/t55-,56?,57?,58-,59-,60?,61-,65-/m0/s1. The first-order valence-corrected chi connectivity index (χ1v) is 28.4. The van der Waals surface area contributed by atoms with Crippen LogP contribution in [-0.4, -0.2) is 90.0 Å². The number of carbonyl (C=O) groups is 2. The van der Waals surface area contributed by atoms with E-state index >= 15 is 4.79 Å². The zero-order valence-corrected chi connectivity index (χ0v) is 46.1. The first-order valence-electron chi connectivity index (χ1n) is 28.4. The van der Waals surface area contributed by atoms with E-state index in [1.165, 1.54) is 57.8 Å². The third kappa shape index (κ3) is 18.3. The van der Waals surface area contributed by atoms with Gasteiger partial charge < -0.3 is 43.0 Å². The largest absolute Gasteiger partial charge is 0.459 e. The van der Waals surface area contributed by atoms with Crippen molar-refractivity contribution >= 4 is 12.1 Å². The Hall–Kier alpha value is -5.44. The van der Waals surface area contributed by atoms with Crippen LogP contribution in [0.2, 0.25) is 0 Å². The van der Waals surface area contributed by atoms with Gasteiger partial charge in [0, 0.05) is 20.1 Å². The second-order valence-electron chi connectivity index (χ2n) is 21.2. The maximum absolute atomic E-state index is 15.0. The van der Waals surface area contributed by atoms with Gasteiger partial charge in [-0.05, 0) is 61.1 Å². The summed E-state index contributed by atoms with van der Waals surface area (Å²) in [5.74, 6) is -3.18. The van der Waals surface area contributed by atoms with E-state index in [4.69, 9.17) is 37.9 Å². The van der Waals surface area contributed by atoms with Crippen molar-refractivity contribution in [3.8, 4) is 0 Å². The molecule has 416 valence electrons. The predicted molar refractivity (Wildman–Crippen MR) is 299 cm³/mol. The van der Waals surface area contributed by atoms with Crippen LogP contribution in [0.15, 0.2) is 152 Å². The fourth-order valence-corrected chi connectivity index (χ4v) is 10.7. The second-order valence-corrected chi connectivity index (χ2v) is 21.2. The first-order chi connectivity index (χ1) is 37.6. The molecule has 0 radical (unpaired) electrons. The SMILES string of the molecule is CCCCCCCCCCCCCCC1OC(C)(C)O[C@H]1[C@H](CC[C@]1(OC)OC(COC(=O)c2ccccc2)[C@H](O)C(OCc2ccccc2)[C@@H]1OCc1ccccc1)N(Cc1ccccc1)C(=O)OCc1ccccc1. The van der Waals surface area contributed by atoms with Gasteiger partial charge in [0.05, 0.1) is 30.9 Å². The molecule has 0 spiro atoms. The van der Waals surface area contributed by atoms with Crippen LogP contribution in [0.1, 0.15) is 150 Å². The molecule has 77 heavy (non-hydrogen) atoms. The third-order valence-electron chi connectivity index (χ3n) is 14.9. The van der Waals surface area contributed by atoms with Gasteiger partial charge in [0.1, 0.15) is 43.7 Å². The van der Waals surface area contributed by atoms with Gasteiger partial charge in [0.2, 0.25) is 0 Å². The quantitative estimate of drug-likeness (QED) is 0.0326. The van der Waals surface area contributed by atoms with Crippen LogP contribution in [0.4, 0.5) is 4.79 Å². The molecule has 2 aliphatic rings. The van der Waals surface area contributed by atoms with Gasteiger partial charge >= 0.3 is 12.1 Å². The van der Waals surface area contributed by atoms with Crippen molar-refractivity contribution in [2.45, 2.75) is 198 Å². The molecular formula is C65H85NO11. The molecule has 3 unspecified atom stereocenters. The summed E-state index contributed by atoms with van der Waals surface area (Å²) in [7, 11) is 1.55. The number of ether oxygens (including phenoxy) is 8. The summed E-state index contributed by atoms with van der Waals surface area (Å²) >= 11 is 0. The monoisotopic (exact) mass is 1060 g/mol. The number of hydrogen-bond acceptors (Lipinski definition) is 11. The van der Waals surface area contributed by atoms with Gasteiger partial charge in [-0.25, -0.2) is 9.59 Å². The van der Waals surface area contributed by atoms with E-state index in [9.17, 15) is 9.90 Å². The smallest absolute Gasteiger partial charge is 0.410 e. The van der Waals surface area contributed by atoms with Gasteiger partial charge in [0.15, 0.2) is 11.6 Å². The minimum Gasteiger partial charge on any atom is -0.459 e. The normalized spacial score (nSPS) is 22.3. The lowest BCUT2D eigenvalue weighted by molar-refractivity contribution is -0.374. The van der Waals surface area contributed by atoms with Crippen molar-refractivity contribution in [3.05, 3.63) is 179 Å². The molecule has 5 aromatic rings. The highest BCUT2D eigenvalue weighted by molar-refractivity contribution is 5.89. The van der Waals surface area contributed by atoms with Crippen molar-refractivity contribution in [3.63, 3.8) is 0 Å². The van der Waals surface area contributed by atoms with E-state index in [-0.39, 0.29) is 51.9 Å². The lowest BCUT2D eigenvalue weighted by Crippen LogP contribution is -2.67. The fraction of sp³-hybridized carbons (Fsp3) is 0.508. The molecule has 12 heteroatoms. The maximum atomic E-state index is 15.0. The van der Waals surface area contributed by atoms with Gasteiger partial charge in [-0.1, -0.05) is 224 Å².